The SMILES string of the molecule is CC/C=C\C/C=C\C/C=C\C/C=C\C/C=C\CCCCCCCCCCCCCC(=O)OC(COC(=O)CCCCCCC/C=C\CCCCCCCCC)COP(=O)([O-])OCC[N+](C)(C)C. The van der Waals surface area contributed by atoms with Crippen molar-refractivity contribution in [3.05, 3.63) is 72.9 Å². The van der Waals surface area contributed by atoms with E-state index < -0.39 is 32.5 Å². The standard InChI is InChI=1S/C57H102NO8P/c1-6-8-10-12-14-16-18-20-22-24-25-26-27-28-29-30-31-32-33-34-36-38-40-42-44-46-48-50-57(60)66-55(54-65-67(61,62)64-52-51-58(3,4)5)53-63-56(59)49-47-45-43-41-39-37-35-23-21-19-17-15-13-11-9-7-2/h8,10,14,16,20,22-23,25-26,28-29,35,55H,6-7,9,11-13,15,17-19,21,24,27,30-34,36-54H2,1-5H3/b10-8-,16-14-,22-20-,26-25-,29-28-,35-23-. The van der Waals surface area contributed by atoms with E-state index in [-0.39, 0.29) is 26.1 Å². The van der Waals surface area contributed by atoms with Crippen molar-refractivity contribution in [1.29, 1.82) is 0 Å². The Kier molecular flexibility index (Phi) is 46.6. The van der Waals surface area contributed by atoms with Crippen LogP contribution in [0.25, 0.3) is 0 Å². The summed E-state index contributed by atoms with van der Waals surface area (Å²) < 4.78 is 34.1. The third-order valence-electron chi connectivity index (χ3n) is 11.5. The lowest BCUT2D eigenvalue weighted by Crippen LogP contribution is -2.37. The first-order valence-corrected chi connectivity index (χ1v) is 28.6. The Hall–Kier alpha value is -2.55. The zero-order valence-corrected chi connectivity index (χ0v) is 44.7. The number of carbonyl (C=O) groups excluding carboxylic acids is 2. The summed E-state index contributed by atoms with van der Waals surface area (Å²) in [6.45, 7) is 4.11. The van der Waals surface area contributed by atoms with E-state index >= 15 is 0 Å². The summed E-state index contributed by atoms with van der Waals surface area (Å²) in [6, 6.07) is 0. The van der Waals surface area contributed by atoms with Crippen molar-refractivity contribution >= 4 is 19.8 Å². The predicted molar refractivity (Wildman–Crippen MR) is 282 cm³/mol. The molecule has 0 aromatic rings. The number of allylic oxidation sites excluding steroid dienone is 12. The van der Waals surface area contributed by atoms with Gasteiger partial charge in [-0.3, -0.25) is 14.2 Å². The van der Waals surface area contributed by atoms with Crippen molar-refractivity contribution in [3.8, 4) is 0 Å². The zero-order chi connectivity index (χ0) is 49.2. The number of carbonyl (C=O) groups is 2. The van der Waals surface area contributed by atoms with E-state index in [2.05, 4.69) is 86.8 Å². The fraction of sp³-hybridized carbons (Fsp3) is 0.754. The molecule has 388 valence electrons. The molecular formula is C57H102NO8P. The number of quaternary nitrogens is 1. The molecular weight excluding hydrogens is 858 g/mol. The molecule has 0 aromatic heterocycles. The molecule has 0 fully saturated rings. The lowest BCUT2D eigenvalue weighted by atomic mass is 10.0. The van der Waals surface area contributed by atoms with Gasteiger partial charge in [0.05, 0.1) is 27.7 Å². The fourth-order valence-corrected chi connectivity index (χ4v) is 7.99. The number of rotatable bonds is 49. The van der Waals surface area contributed by atoms with Gasteiger partial charge >= 0.3 is 11.9 Å². The van der Waals surface area contributed by atoms with Crippen LogP contribution >= 0.6 is 7.82 Å². The largest absolute Gasteiger partial charge is 0.756 e. The van der Waals surface area contributed by atoms with Crippen LogP contribution in [-0.2, 0) is 32.7 Å². The van der Waals surface area contributed by atoms with Gasteiger partial charge in [-0.2, -0.15) is 0 Å². The number of nitrogens with zero attached hydrogens (tertiary/aromatic N) is 1. The Labute approximate surface area is 412 Å². The van der Waals surface area contributed by atoms with Crippen LogP contribution in [-0.4, -0.2) is 70.0 Å². The maximum absolute atomic E-state index is 12.8. The second-order valence-electron chi connectivity index (χ2n) is 19.2. The van der Waals surface area contributed by atoms with Crippen LogP contribution in [0.15, 0.2) is 72.9 Å². The Balaban J connectivity index is 4.20. The van der Waals surface area contributed by atoms with E-state index in [1.165, 1.54) is 96.3 Å². The molecule has 0 aliphatic carbocycles. The van der Waals surface area contributed by atoms with Crippen LogP contribution in [0.2, 0.25) is 0 Å². The molecule has 0 radical (unpaired) electrons. The summed E-state index contributed by atoms with van der Waals surface area (Å²) in [4.78, 5) is 37.8. The molecule has 9 nitrogen and oxygen atoms in total. The fourth-order valence-electron chi connectivity index (χ4n) is 7.27. The van der Waals surface area contributed by atoms with Gasteiger partial charge in [0.1, 0.15) is 19.8 Å². The molecule has 0 saturated carbocycles. The van der Waals surface area contributed by atoms with Crippen molar-refractivity contribution < 1.29 is 42.1 Å². The highest BCUT2D eigenvalue weighted by molar-refractivity contribution is 7.45. The minimum Gasteiger partial charge on any atom is -0.756 e. The number of esters is 2. The lowest BCUT2D eigenvalue weighted by Gasteiger charge is -2.28. The second kappa shape index (κ2) is 48.5. The van der Waals surface area contributed by atoms with Gasteiger partial charge in [0, 0.05) is 12.8 Å². The Morgan fingerprint density at radius 3 is 1.28 bits per heavy atom. The topological polar surface area (TPSA) is 111 Å². The molecule has 10 heteroatoms. The van der Waals surface area contributed by atoms with Crippen LogP contribution in [0, 0.1) is 0 Å². The number of phosphoric ester groups is 1. The Morgan fingerprint density at radius 1 is 0.478 bits per heavy atom. The van der Waals surface area contributed by atoms with Crippen molar-refractivity contribution in [3.63, 3.8) is 0 Å². The first kappa shape index (κ1) is 64.5. The predicted octanol–water partition coefficient (Wildman–Crippen LogP) is 15.9. The zero-order valence-electron chi connectivity index (χ0n) is 43.8. The highest BCUT2D eigenvalue weighted by Gasteiger charge is 2.21. The van der Waals surface area contributed by atoms with Crippen molar-refractivity contribution in [2.24, 2.45) is 0 Å². The van der Waals surface area contributed by atoms with E-state index in [0.717, 1.165) is 96.3 Å². The Morgan fingerprint density at radius 2 is 0.851 bits per heavy atom. The molecule has 0 rings (SSSR count). The number of likely N-dealkylation sites (N-methyl/N-ethyl adjacent to an activating group) is 1. The first-order chi connectivity index (χ1) is 32.5. The number of hydrogen-bond donors (Lipinski definition) is 0. The van der Waals surface area contributed by atoms with Crippen LogP contribution in [0.4, 0.5) is 0 Å². The molecule has 67 heavy (non-hydrogen) atoms. The summed E-state index contributed by atoms with van der Waals surface area (Å²) in [5.41, 5.74) is 0. The highest BCUT2D eigenvalue weighted by atomic mass is 31.2. The molecule has 0 saturated heterocycles. The van der Waals surface area contributed by atoms with E-state index in [1.807, 2.05) is 21.1 Å². The first-order valence-electron chi connectivity index (χ1n) is 27.1. The number of phosphoric acid groups is 1. The number of unbranched alkanes of at least 4 members (excludes halogenated alkanes) is 23. The molecule has 0 amide bonds. The molecule has 2 unspecified atom stereocenters. The summed E-state index contributed by atoms with van der Waals surface area (Å²) in [7, 11) is 1.16. The molecule has 0 bridgehead atoms. The molecule has 0 aliphatic heterocycles. The van der Waals surface area contributed by atoms with Gasteiger partial charge in [-0.05, 0) is 83.5 Å². The molecule has 2 atom stereocenters. The molecule has 0 heterocycles. The maximum atomic E-state index is 12.8. The van der Waals surface area contributed by atoms with Gasteiger partial charge in [0.2, 0.25) is 0 Å². The van der Waals surface area contributed by atoms with Crippen LogP contribution in [0.3, 0.4) is 0 Å². The van der Waals surface area contributed by atoms with E-state index in [4.69, 9.17) is 18.5 Å². The van der Waals surface area contributed by atoms with Gasteiger partial charge in [-0.15, -0.1) is 0 Å². The quantitative estimate of drug-likeness (QED) is 0.0195. The van der Waals surface area contributed by atoms with Gasteiger partial charge in [-0.1, -0.05) is 202 Å². The molecule has 0 aliphatic rings. The highest BCUT2D eigenvalue weighted by Crippen LogP contribution is 2.38. The maximum Gasteiger partial charge on any atom is 0.306 e. The van der Waals surface area contributed by atoms with Crippen molar-refractivity contribution in [1.82, 2.24) is 0 Å². The Bertz CT molecular complexity index is 1360. The van der Waals surface area contributed by atoms with Gasteiger partial charge in [-0.25, -0.2) is 0 Å². The van der Waals surface area contributed by atoms with Gasteiger partial charge in [0.15, 0.2) is 6.10 Å². The average Bonchev–Trinajstić information content (AvgIpc) is 3.29. The van der Waals surface area contributed by atoms with Crippen molar-refractivity contribution in [2.45, 2.75) is 232 Å². The summed E-state index contributed by atoms with van der Waals surface area (Å²) in [6.07, 6.45) is 62.2. The third kappa shape index (κ3) is 52.7. The summed E-state index contributed by atoms with van der Waals surface area (Å²) in [5, 5.41) is 0. The average molecular weight is 960 g/mol. The van der Waals surface area contributed by atoms with E-state index in [9.17, 15) is 19.0 Å². The lowest BCUT2D eigenvalue weighted by molar-refractivity contribution is -0.870. The number of hydrogen-bond acceptors (Lipinski definition) is 8. The number of ether oxygens (including phenoxy) is 2. The second-order valence-corrected chi connectivity index (χ2v) is 20.6. The smallest absolute Gasteiger partial charge is 0.306 e. The van der Waals surface area contributed by atoms with Crippen LogP contribution < -0.4 is 4.89 Å². The minimum atomic E-state index is -4.64. The van der Waals surface area contributed by atoms with Gasteiger partial charge < -0.3 is 27.9 Å². The summed E-state index contributed by atoms with van der Waals surface area (Å²) in [5.74, 6) is -0.846. The molecule has 0 N–H and O–H groups in total. The van der Waals surface area contributed by atoms with Gasteiger partial charge in [0.25, 0.3) is 7.82 Å². The van der Waals surface area contributed by atoms with Crippen LogP contribution in [0.1, 0.15) is 226 Å². The summed E-state index contributed by atoms with van der Waals surface area (Å²) >= 11 is 0. The monoisotopic (exact) mass is 960 g/mol. The normalized spacial score (nSPS) is 13.9. The van der Waals surface area contributed by atoms with E-state index in [1.54, 1.807) is 0 Å². The van der Waals surface area contributed by atoms with E-state index in [0.29, 0.717) is 17.4 Å². The third-order valence-corrected chi connectivity index (χ3v) is 12.4. The molecule has 0 aromatic carbocycles. The van der Waals surface area contributed by atoms with Crippen LogP contribution in [0.5, 0.6) is 0 Å². The molecule has 0 spiro atoms. The van der Waals surface area contributed by atoms with Crippen molar-refractivity contribution in [2.75, 3.05) is 47.5 Å². The minimum absolute atomic E-state index is 0.0350.